The molecule has 1 aliphatic heterocycles. The minimum absolute atomic E-state index is 0.0342. The SMILES string of the molecule is COC(=O)C[C@H]1C(=O)N(CC(=O)O)CCN1C(=O)CNCc1ccc(C(=N)N)cc1. The number of nitrogens with two attached hydrogens (primary N) is 1. The monoisotopic (exact) mass is 419 g/mol. The number of aliphatic carboxylic acids is 1. The number of nitrogens with one attached hydrogen (secondary N) is 2. The number of carboxylic acid groups (broad SMARTS) is 1. The number of carbonyl (C=O) groups is 4. The van der Waals surface area contributed by atoms with Crippen LogP contribution in [0.1, 0.15) is 17.5 Å². The topological polar surface area (TPSA) is 166 Å². The maximum absolute atomic E-state index is 12.7. The molecule has 162 valence electrons. The number of methoxy groups -OCH3 is 1. The lowest BCUT2D eigenvalue weighted by Gasteiger charge is -2.39. The molecule has 0 spiro atoms. The Bertz CT molecular complexity index is 825. The van der Waals surface area contributed by atoms with Crippen LogP contribution in [0.25, 0.3) is 0 Å². The Morgan fingerprint density at radius 3 is 2.50 bits per heavy atom. The highest BCUT2D eigenvalue weighted by Crippen LogP contribution is 2.16. The molecule has 0 aliphatic carbocycles. The van der Waals surface area contributed by atoms with E-state index in [1.807, 2.05) is 0 Å². The fraction of sp³-hybridized carbons (Fsp3) is 0.421. The normalized spacial score (nSPS) is 16.3. The zero-order valence-corrected chi connectivity index (χ0v) is 16.6. The third-order valence-corrected chi connectivity index (χ3v) is 4.69. The van der Waals surface area contributed by atoms with Crippen LogP contribution in [0.2, 0.25) is 0 Å². The molecule has 2 rings (SSSR count). The van der Waals surface area contributed by atoms with E-state index in [1.165, 1.54) is 12.0 Å². The van der Waals surface area contributed by atoms with Crippen LogP contribution < -0.4 is 11.1 Å². The number of carbonyl (C=O) groups excluding carboxylic acids is 3. The summed E-state index contributed by atoms with van der Waals surface area (Å²) in [6.07, 6.45) is -0.344. The highest BCUT2D eigenvalue weighted by atomic mass is 16.5. The Hall–Kier alpha value is -3.47. The summed E-state index contributed by atoms with van der Waals surface area (Å²) in [6, 6.07) is 5.86. The maximum atomic E-state index is 12.7. The molecule has 1 aliphatic rings. The van der Waals surface area contributed by atoms with E-state index < -0.39 is 30.4 Å². The molecule has 1 heterocycles. The maximum Gasteiger partial charge on any atom is 0.323 e. The summed E-state index contributed by atoms with van der Waals surface area (Å²) in [4.78, 5) is 50.3. The van der Waals surface area contributed by atoms with Crippen LogP contribution in [0, 0.1) is 5.41 Å². The lowest BCUT2D eigenvalue weighted by atomic mass is 10.1. The first-order valence-electron chi connectivity index (χ1n) is 9.23. The third kappa shape index (κ3) is 6.01. The van der Waals surface area contributed by atoms with Crippen molar-refractivity contribution in [2.45, 2.75) is 19.0 Å². The van der Waals surface area contributed by atoms with E-state index >= 15 is 0 Å². The minimum atomic E-state index is -1.17. The predicted octanol–water partition coefficient (Wildman–Crippen LogP) is -1.25. The van der Waals surface area contributed by atoms with Gasteiger partial charge in [-0.1, -0.05) is 24.3 Å². The summed E-state index contributed by atoms with van der Waals surface area (Å²) in [5.74, 6) is -2.85. The molecule has 1 aromatic carbocycles. The van der Waals surface area contributed by atoms with Gasteiger partial charge in [0.15, 0.2) is 0 Å². The lowest BCUT2D eigenvalue weighted by Crippen LogP contribution is -2.61. The average Bonchev–Trinajstić information content (AvgIpc) is 2.70. The van der Waals surface area contributed by atoms with Crippen molar-refractivity contribution in [2.75, 3.05) is 33.3 Å². The van der Waals surface area contributed by atoms with Gasteiger partial charge in [0, 0.05) is 25.2 Å². The molecule has 0 unspecified atom stereocenters. The van der Waals surface area contributed by atoms with Gasteiger partial charge < -0.3 is 30.7 Å². The summed E-state index contributed by atoms with van der Waals surface area (Å²) >= 11 is 0. The van der Waals surface area contributed by atoms with Crippen molar-refractivity contribution in [3.05, 3.63) is 35.4 Å². The Balaban J connectivity index is 1.99. The fourth-order valence-corrected chi connectivity index (χ4v) is 3.11. The van der Waals surface area contributed by atoms with Crippen LogP contribution in [0.3, 0.4) is 0 Å². The lowest BCUT2D eigenvalue weighted by molar-refractivity contribution is -0.158. The van der Waals surface area contributed by atoms with Crippen molar-refractivity contribution in [2.24, 2.45) is 5.73 Å². The first-order chi connectivity index (χ1) is 14.2. The standard InChI is InChI=1S/C19H25N5O6/c1-30-17(28)8-14-19(29)23(11-16(26)27)6-7-24(14)15(25)10-22-9-12-2-4-13(5-3-12)18(20)21/h2-5,14,22H,6-11H2,1H3,(H3,20,21)(H,26,27)/t14-/m0/s1. The average molecular weight is 419 g/mol. The molecule has 2 amide bonds. The van der Waals surface area contributed by atoms with Gasteiger partial charge in [0.2, 0.25) is 11.8 Å². The molecule has 30 heavy (non-hydrogen) atoms. The largest absolute Gasteiger partial charge is 0.480 e. The molecule has 5 N–H and O–H groups in total. The third-order valence-electron chi connectivity index (χ3n) is 4.69. The zero-order chi connectivity index (χ0) is 22.3. The van der Waals surface area contributed by atoms with E-state index in [4.69, 9.17) is 16.2 Å². The number of amides is 2. The molecule has 1 aromatic rings. The van der Waals surface area contributed by atoms with Crippen LogP contribution in [0.5, 0.6) is 0 Å². The van der Waals surface area contributed by atoms with E-state index in [-0.39, 0.29) is 37.8 Å². The highest BCUT2D eigenvalue weighted by molar-refractivity contribution is 5.95. The Morgan fingerprint density at radius 1 is 1.27 bits per heavy atom. The van der Waals surface area contributed by atoms with E-state index in [2.05, 4.69) is 10.1 Å². The van der Waals surface area contributed by atoms with Crippen LogP contribution in [-0.4, -0.2) is 83.8 Å². The van der Waals surface area contributed by atoms with Crippen molar-refractivity contribution in [1.82, 2.24) is 15.1 Å². The van der Waals surface area contributed by atoms with Gasteiger partial charge in [0.1, 0.15) is 18.4 Å². The number of nitrogen functional groups attached to an aromatic ring is 1. The van der Waals surface area contributed by atoms with Crippen molar-refractivity contribution in [3.8, 4) is 0 Å². The van der Waals surface area contributed by atoms with E-state index in [0.29, 0.717) is 12.1 Å². The van der Waals surface area contributed by atoms with Gasteiger partial charge in [0.25, 0.3) is 0 Å². The zero-order valence-electron chi connectivity index (χ0n) is 16.6. The molecule has 0 aromatic heterocycles. The quantitative estimate of drug-likeness (QED) is 0.219. The molecular weight excluding hydrogens is 394 g/mol. The summed E-state index contributed by atoms with van der Waals surface area (Å²) in [7, 11) is 1.18. The van der Waals surface area contributed by atoms with Gasteiger partial charge >= 0.3 is 11.9 Å². The van der Waals surface area contributed by atoms with Crippen LogP contribution in [-0.2, 0) is 30.5 Å². The van der Waals surface area contributed by atoms with Crippen LogP contribution in [0.15, 0.2) is 24.3 Å². The predicted molar refractivity (Wildman–Crippen MR) is 106 cm³/mol. The number of ether oxygens (including phenoxy) is 1. The molecular formula is C19H25N5O6. The van der Waals surface area contributed by atoms with Gasteiger partial charge in [-0.15, -0.1) is 0 Å². The smallest absolute Gasteiger partial charge is 0.323 e. The minimum Gasteiger partial charge on any atom is -0.480 e. The van der Waals surface area contributed by atoms with Gasteiger partial charge in [-0.25, -0.2) is 0 Å². The van der Waals surface area contributed by atoms with Gasteiger partial charge in [-0.2, -0.15) is 0 Å². The number of benzene rings is 1. The molecule has 1 fully saturated rings. The summed E-state index contributed by atoms with van der Waals surface area (Å²) in [5, 5.41) is 19.3. The second-order valence-electron chi connectivity index (χ2n) is 6.75. The first-order valence-corrected chi connectivity index (χ1v) is 9.23. The first kappa shape index (κ1) is 22.8. The van der Waals surface area contributed by atoms with E-state index in [1.54, 1.807) is 24.3 Å². The Morgan fingerprint density at radius 2 is 1.93 bits per heavy atom. The van der Waals surface area contributed by atoms with Gasteiger partial charge in [0.05, 0.1) is 20.1 Å². The molecule has 11 nitrogen and oxygen atoms in total. The van der Waals surface area contributed by atoms with Crippen molar-refractivity contribution >= 4 is 29.6 Å². The van der Waals surface area contributed by atoms with Gasteiger partial charge in [-0.05, 0) is 5.56 Å². The van der Waals surface area contributed by atoms with Crippen molar-refractivity contribution in [3.63, 3.8) is 0 Å². The number of hydrogen-bond donors (Lipinski definition) is 4. The molecule has 0 saturated carbocycles. The summed E-state index contributed by atoms with van der Waals surface area (Å²) < 4.78 is 4.61. The molecule has 1 saturated heterocycles. The molecule has 0 bridgehead atoms. The Kier molecular flexibility index (Phi) is 7.87. The number of esters is 1. The number of rotatable bonds is 9. The second kappa shape index (κ2) is 10.3. The summed E-state index contributed by atoms with van der Waals surface area (Å²) in [5.41, 5.74) is 6.88. The molecule has 1 atom stereocenters. The van der Waals surface area contributed by atoms with Crippen molar-refractivity contribution < 1.29 is 29.0 Å². The number of carboxylic acids is 1. The van der Waals surface area contributed by atoms with Crippen molar-refractivity contribution in [1.29, 1.82) is 5.41 Å². The molecule has 0 radical (unpaired) electrons. The number of hydrogen-bond acceptors (Lipinski definition) is 7. The summed E-state index contributed by atoms with van der Waals surface area (Å²) in [6.45, 7) is -0.000532. The van der Waals surface area contributed by atoms with Crippen LogP contribution >= 0.6 is 0 Å². The number of piperazine rings is 1. The second-order valence-corrected chi connectivity index (χ2v) is 6.75. The fourth-order valence-electron chi connectivity index (χ4n) is 3.11. The van der Waals surface area contributed by atoms with E-state index in [9.17, 15) is 19.2 Å². The highest BCUT2D eigenvalue weighted by Gasteiger charge is 2.39. The number of amidine groups is 1. The Labute approximate surface area is 173 Å². The van der Waals surface area contributed by atoms with E-state index in [0.717, 1.165) is 10.5 Å². The van der Waals surface area contributed by atoms with Gasteiger partial charge in [-0.3, -0.25) is 24.6 Å². The van der Waals surface area contributed by atoms with Crippen LogP contribution in [0.4, 0.5) is 0 Å². The molecule has 11 heteroatoms. The number of nitrogens with zero attached hydrogens (tertiary/aromatic N) is 2.